The van der Waals surface area contributed by atoms with Gasteiger partial charge in [-0.15, -0.1) is 12.4 Å². The van der Waals surface area contributed by atoms with Gasteiger partial charge in [0.1, 0.15) is 0 Å². The van der Waals surface area contributed by atoms with Gasteiger partial charge in [-0.05, 0) is 23.8 Å². The SMILES string of the molecule is CC(C)(C)CCCCCOC(=O)CC(N)c1ccccc1.Cl. The van der Waals surface area contributed by atoms with Gasteiger partial charge in [0, 0.05) is 6.04 Å². The molecule has 1 aromatic rings. The van der Waals surface area contributed by atoms with Crippen molar-refractivity contribution < 1.29 is 9.53 Å². The molecule has 0 saturated carbocycles. The lowest BCUT2D eigenvalue weighted by Gasteiger charge is -2.17. The number of carbonyl (C=O) groups excluding carboxylic acids is 1. The molecule has 3 nitrogen and oxygen atoms in total. The highest BCUT2D eigenvalue weighted by Gasteiger charge is 2.12. The number of hydrogen-bond acceptors (Lipinski definition) is 3. The lowest BCUT2D eigenvalue weighted by molar-refractivity contribution is -0.144. The van der Waals surface area contributed by atoms with Crippen LogP contribution in [0, 0.1) is 5.41 Å². The monoisotopic (exact) mass is 327 g/mol. The second-order valence-corrected chi connectivity index (χ2v) is 6.81. The summed E-state index contributed by atoms with van der Waals surface area (Å²) in [5.41, 5.74) is 7.35. The Bertz CT molecular complexity index is 415. The molecular formula is C18H30ClNO2. The smallest absolute Gasteiger partial charge is 0.307 e. The molecule has 4 heteroatoms. The third-order valence-electron chi connectivity index (χ3n) is 3.45. The minimum atomic E-state index is -0.278. The van der Waals surface area contributed by atoms with Crippen LogP contribution in [-0.4, -0.2) is 12.6 Å². The lowest BCUT2D eigenvalue weighted by Crippen LogP contribution is -2.17. The van der Waals surface area contributed by atoms with Crippen molar-refractivity contribution in [2.24, 2.45) is 11.1 Å². The molecule has 0 radical (unpaired) electrons. The second-order valence-electron chi connectivity index (χ2n) is 6.81. The quantitative estimate of drug-likeness (QED) is 0.558. The Balaban J connectivity index is 0.00000441. The van der Waals surface area contributed by atoms with Crippen LogP contribution in [0.1, 0.15) is 64.5 Å². The minimum Gasteiger partial charge on any atom is -0.466 e. The Morgan fingerprint density at radius 2 is 1.77 bits per heavy atom. The number of unbranched alkanes of at least 4 members (excludes halogenated alkanes) is 2. The molecule has 1 atom stereocenters. The highest BCUT2D eigenvalue weighted by molar-refractivity contribution is 5.85. The molecule has 0 aromatic heterocycles. The van der Waals surface area contributed by atoms with Crippen LogP contribution >= 0.6 is 12.4 Å². The molecule has 0 aliphatic heterocycles. The van der Waals surface area contributed by atoms with Gasteiger partial charge in [-0.1, -0.05) is 63.9 Å². The molecule has 0 heterocycles. The summed E-state index contributed by atoms with van der Waals surface area (Å²) in [6.45, 7) is 7.25. The first-order chi connectivity index (χ1) is 9.88. The predicted molar refractivity (Wildman–Crippen MR) is 94.1 cm³/mol. The van der Waals surface area contributed by atoms with Crippen molar-refractivity contribution in [3.05, 3.63) is 35.9 Å². The third-order valence-corrected chi connectivity index (χ3v) is 3.45. The van der Waals surface area contributed by atoms with Crippen LogP contribution < -0.4 is 5.73 Å². The van der Waals surface area contributed by atoms with E-state index in [1.807, 2.05) is 30.3 Å². The van der Waals surface area contributed by atoms with Crippen molar-refractivity contribution in [1.29, 1.82) is 0 Å². The Morgan fingerprint density at radius 3 is 2.36 bits per heavy atom. The maximum Gasteiger partial charge on any atom is 0.307 e. The molecule has 0 aliphatic rings. The first kappa shape index (κ1) is 20.9. The molecule has 0 amide bonds. The Hall–Kier alpha value is -1.06. The van der Waals surface area contributed by atoms with Gasteiger partial charge in [0.2, 0.25) is 0 Å². The van der Waals surface area contributed by atoms with Gasteiger partial charge < -0.3 is 10.5 Å². The summed E-state index contributed by atoms with van der Waals surface area (Å²) in [7, 11) is 0. The standard InChI is InChI=1S/C18H29NO2.ClH/c1-18(2,3)12-8-5-9-13-21-17(20)14-16(19)15-10-6-4-7-11-15;/h4,6-7,10-11,16H,5,8-9,12-14,19H2,1-3H3;1H. The van der Waals surface area contributed by atoms with Crippen molar-refractivity contribution in [1.82, 2.24) is 0 Å². The van der Waals surface area contributed by atoms with Crippen LogP contribution in [-0.2, 0) is 9.53 Å². The number of hydrogen-bond donors (Lipinski definition) is 1. The fourth-order valence-electron chi connectivity index (χ4n) is 2.18. The van der Waals surface area contributed by atoms with E-state index in [-0.39, 0.29) is 30.8 Å². The molecule has 0 spiro atoms. The van der Waals surface area contributed by atoms with Gasteiger partial charge in [-0.25, -0.2) is 0 Å². The van der Waals surface area contributed by atoms with Crippen LogP contribution in [0.3, 0.4) is 0 Å². The third kappa shape index (κ3) is 9.80. The van der Waals surface area contributed by atoms with E-state index in [9.17, 15) is 4.79 Å². The molecule has 1 rings (SSSR count). The zero-order chi connectivity index (χ0) is 15.7. The molecular weight excluding hydrogens is 298 g/mol. The van der Waals surface area contributed by atoms with E-state index in [2.05, 4.69) is 20.8 Å². The van der Waals surface area contributed by atoms with Crippen LogP contribution in [0.5, 0.6) is 0 Å². The van der Waals surface area contributed by atoms with Gasteiger partial charge in [0.05, 0.1) is 13.0 Å². The van der Waals surface area contributed by atoms with Crippen molar-refractivity contribution >= 4 is 18.4 Å². The normalized spacial score (nSPS) is 12.4. The second kappa shape index (κ2) is 10.6. The maximum absolute atomic E-state index is 11.7. The van der Waals surface area contributed by atoms with E-state index in [4.69, 9.17) is 10.5 Å². The summed E-state index contributed by atoms with van der Waals surface area (Å²) >= 11 is 0. The maximum atomic E-state index is 11.7. The van der Waals surface area contributed by atoms with Crippen LogP contribution in [0.15, 0.2) is 30.3 Å². The Morgan fingerprint density at radius 1 is 1.14 bits per heavy atom. The fraction of sp³-hybridized carbons (Fsp3) is 0.611. The van der Waals surface area contributed by atoms with E-state index >= 15 is 0 Å². The summed E-state index contributed by atoms with van der Waals surface area (Å²) in [5, 5.41) is 0. The van der Waals surface area contributed by atoms with E-state index in [1.165, 1.54) is 12.8 Å². The van der Waals surface area contributed by atoms with E-state index < -0.39 is 0 Å². The molecule has 1 aromatic carbocycles. The van der Waals surface area contributed by atoms with Crippen LogP contribution in [0.4, 0.5) is 0 Å². The zero-order valence-electron chi connectivity index (χ0n) is 14.0. The van der Waals surface area contributed by atoms with Gasteiger partial charge in [-0.2, -0.15) is 0 Å². The number of ether oxygens (including phenoxy) is 1. The summed E-state index contributed by atoms with van der Waals surface area (Å²) in [6, 6.07) is 9.38. The minimum absolute atomic E-state index is 0. The number of benzene rings is 1. The molecule has 0 bridgehead atoms. The molecule has 2 N–H and O–H groups in total. The largest absolute Gasteiger partial charge is 0.466 e. The van der Waals surface area contributed by atoms with Crippen molar-refractivity contribution in [2.75, 3.05) is 6.61 Å². The predicted octanol–water partition coefficient (Wildman–Crippen LogP) is 4.65. The van der Waals surface area contributed by atoms with E-state index in [0.717, 1.165) is 18.4 Å². The number of esters is 1. The molecule has 0 fully saturated rings. The summed E-state index contributed by atoms with van der Waals surface area (Å²) in [6.07, 6.45) is 4.67. The summed E-state index contributed by atoms with van der Waals surface area (Å²) in [5.74, 6) is -0.206. The van der Waals surface area contributed by atoms with Crippen molar-refractivity contribution in [3.63, 3.8) is 0 Å². The average Bonchev–Trinajstić information content (AvgIpc) is 2.42. The van der Waals surface area contributed by atoms with Gasteiger partial charge >= 0.3 is 5.97 Å². The molecule has 1 unspecified atom stereocenters. The first-order valence-electron chi connectivity index (χ1n) is 7.84. The Labute approximate surface area is 141 Å². The molecule has 0 saturated heterocycles. The first-order valence-corrected chi connectivity index (χ1v) is 7.84. The Kier molecular flexibility index (Phi) is 10.1. The van der Waals surface area contributed by atoms with Crippen molar-refractivity contribution in [3.8, 4) is 0 Å². The zero-order valence-corrected chi connectivity index (χ0v) is 14.8. The number of rotatable bonds is 8. The van der Waals surface area contributed by atoms with Gasteiger partial charge in [0.25, 0.3) is 0 Å². The molecule has 126 valence electrons. The number of nitrogens with two attached hydrogens (primary N) is 1. The lowest BCUT2D eigenvalue weighted by atomic mass is 9.89. The molecule has 0 aliphatic carbocycles. The van der Waals surface area contributed by atoms with E-state index in [1.54, 1.807) is 0 Å². The van der Waals surface area contributed by atoms with E-state index in [0.29, 0.717) is 12.0 Å². The summed E-state index contributed by atoms with van der Waals surface area (Å²) in [4.78, 5) is 11.7. The highest BCUT2D eigenvalue weighted by Crippen LogP contribution is 2.22. The van der Waals surface area contributed by atoms with Gasteiger partial charge in [-0.3, -0.25) is 4.79 Å². The highest BCUT2D eigenvalue weighted by atomic mass is 35.5. The average molecular weight is 328 g/mol. The fourth-order valence-corrected chi connectivity index (χ4v) is 2.18. The van der Waals surface area contributed by atoms with Crippen LogP contribution in [0.25, 0.3) is 0 Å². The summed E-state index contributed by atoms with van der Waals surface area (Å²) < 4.78 is 5.25. The topological polar surface area (TPSA) is 52.3 Å². The van der Waals surface area contributed by atoms with Gasteiger partial charge in [0.15, 0.2) is 0 Å². The molecule has 22 heavy (non-hydrogen) atoms. The number of halogens is 1. The van der Waals surface area contributed by atoms with Crippen LogP contribution in [0.2, 0.25) is 0 Å². The van der Waals surface area contributed by atoms with Crippen molar-refractivity contribution in [2.45, 2.75) is 58.9 Å². The number of carbonyl (C=O) groups is 1.